The van der Waals surface area contributed by atoms with Crippen LogP contribution in [0.4, 0.5) is 0 Å². The average Bonchev–Trinajstić information content (AvgIpc) is 2.75. The summed E-state index contributed by atoms with van der Waals surface area (Å²) in [6.45, 7) is 11.9. The Balaban J connectivity index is 1.81. The third kappa shape index (κ3) is 3.37. The lowest BCUT2D eigenvalue weighted by Gasteiger charge is -2.32. The van der Waals surface area contributed by atoms with Crippen LogP contribution in [0.25, 0.3) is 10.8 Å². The van der Waals surface area contributed by atoms with Crippen LogP contribution in [0.3, 0.4) is 0 Å². The molecule has 1 heterocycles. The van der Waals surface area contributed by atoms with Crippen LogP contribution in [0, 0.1) is 0 Å². The van der Waals surface area contributed by atoms with E-state index in [1.165, 1.54) is 16.3 Å². The highest BCUT2D eigenvalue weighted by Crippen LogP contribution is 2.36. The van der Waals surface area contributed by atoms with Crippen LogP contribution in [0.5, 0.6) is 0 Å². The Bertz CT molecular complexity index is 708. The summed E-state index contributed by atoms with van der Waals surface area (Å²) < 4.78 is 17.7. The predicted octanol–water partition coefficient (Wildman–Crippen LogP) is 3.72. The Morgan fingerprint density at radius 3 is 2.21 bits per heavy atom. The number of fused-ring (bicyclic) bond motifs is 1. The molecule has 0 unspecified atom stereocenters. The van der Waals surface area contributed by atoms with Crippen molar-refractivity contribution in [2.75, 3.05) is 13.2 Å². The predicted molar refractivity (Wildman–Crippen MR) is 99.9 cm³/mol. The molecule has 1 saturated heterocycles. The van der Waals surface area contributed by atoms with Crippen LogP contribution in [0.15, 0.2) is 36.4 Å². The van der Waals surface area contributed by atoms with Crippen LogP contribution < -0.4 is 5.46 Å². The van der Waals surface area contributed by atoms with E-state index in [4.69, 9.17) is 14.0 Å². The van der Waals surface area contributed by atoms with Gasteiger partial charge in [-0.1, -0.05) is 36.4 Å². The zero-order valence-electron chi connectivity index (χ0n) is 15.4. The Morgan fingerprint density at radius 2 is 1.54 bits per heavy atom. The minimum atomic E-state index is -0.310. The number of benzene rings is 2. The van der Waals surface area contributed by atoms with E-state index in [2.05, 4.69) is 64.1 Å². The quantitative estimate of drug-likeness (QED) is 0.619. The van der Waals surface area contributed by atoms with E-state index in [-0.39, 0.29) is 18.3 Å². The number of hydrogen-bond acceptors (Lipinski definition) is 3. The SMILES string of the molecule is CCOCCc1ccc2cc(B3OC(C)(C)C(C)(C)O3)ccc2c1. The van der Waals surface area contributed by atoms with Crippen molar-refractivity contribution in [2.45, 2.75) is 52.2 Å². The van der Waals surface area contributed by atoms with Crippen LogP contribution in [0.1, 0.15) is 40.2 Å². The third-order valence-electron chi connectivity index (χ3n) is 5.19. The van der Waals surface area contributed by atoms with Gasteiger partial charge in [0.1, 0.15) is 0 Å². The summed E-state index contributed by atoms with van der Waals surface area (Å²) in [6.07, 6.45) is 0.947. The summed E-state index contributed by atoms with van der Waals surface area (Å²) in [7, 11) is -0.308. The molecular weight excluding hydrogens is 299 g/mol. The summed E-state index contributed by atoms with van der Waals surface area (Å²) in [5.74, 6) is 0. The average molecular weight is 326 g/mol. The molecule has 0 N–H and O–H groups in total. The van der Waals surface area contributed by atoms with Gasteiger partial charge in [0.25, 0.3) is 0 Å². The second kappa shape index (κ2) is 6.51. The maximum absolute atomic E-state index is 6.15. The second-order valence-electron chi connectivity index (χ2n) is 7.48. The van der Waals surface area contributed by atoms with E-state index in [0.717, 1.165) is 25.1 Å². The monoisotopic (exact) mass is 326 g/mol. The van der Waals surface area contributed by atoms with Crippen molar-refractivity contribution in [3.05, 3.63) is 42.0 Å². The van der Waals surface area contributed by atoms with Gasteiger partial charge in [-0.15, -0.1) is 0 Å². The molecule has 0 spiro atoms. The largest absolute Gasteiger partial charge is 0.494 e. The number of ether oxygens (including phenoxy) is 1. The van der Waals surface area contributed by atoms with Gasteiger partial charge in [-0.25, -0.2) is 0 Å². The fourth-order valence-electron chi connectivity index (χ4n) is 2.93. The highest BCUT2D eigenvalue weighted by Gasteiger charge is 2.51. The molecule has 0 aromatic heterocycles. The van der Waals surface area contributed by atoms with E-state index in [9.17, 15) is 0 Å². The fourth-order valence-corrected chi connectivity index (χ4v) is 2.93. The van der Waals surface area contributed by atoms with Gasteiger partial charge >= 0.3 is 7.12 Å². The van der Waals surface area contributed by atoms with Gasteiger partial charge in [0.05, 0.1) is 17.8 Å². The zero-order chi connectivity index (χ0) is 17.4. The maximum atomic E-state index is 6.15. The lowest BCUT2D eigenvalue weighted by molar-refractivity contribution is 0.00578. The zero-order valence-corrected chi connectivity index (χ0v) is 15.4. The minimum absolute atomic E-state index is 0.308. The molecule has 1 aliphatic rings. The molecule has 3 nitrogen and oxygen atoms in total. The van der Waals surface area contributed by atoms with Crippen molar-refractivity contribution >= 4 is 23.4 Å². The van der Waals surface area contributed by atoms with E-state index in [1.807, 2.05) is 6.92 Å². The van der Waals surface area contributed by atoms with Crippen molar-refractivity contribution in [3.8, 4) is 0 Å². The van der Waals surface area contributed by atoms with E-state index < -0.39 is 0 Å². The summed E-state index contributed by atoms with van der Waals surface area (Å²) in [6, 6.07) is 13.0. The molecule has 0 amide bonds. The molecule has 2 aromatic rings. The van der Waals surface area contributed by atoms with Crippen molar-refractivity contribution < 1.29 is 14.0 Å². The lowest BCUT2D eigenvalue weighted by atomic mass is 9.78. The summed E-state index contributed by atoms with van der Waals surface area (Å²) >= 11 is 0. The smallest absolute Gasteiger partial charge is 0.399 e. The molecule has 1 aliphatic heterocycles. The fraction of sp³-hybridized carbons (Fsp3) is 0.500. The first-order valence-corrected chi connectivity index (χ1v) is 8.78. The van der Waals surface area contributed by atoms with E-state index in [0.29, 0.717) is 0 Å². The molecule has 128 valence electrons. The molecule has 3 rings (SSSR count). The maximum Gasteiger partial charge on any atom is 0.494 e. The molecule has 0 atom stereocenters. The van der Waals surface area contributed by atoms with Crippen molar-refractivity contribution in [3.63, 3.8) is 0 Å². The van der Waals surface area contributed by atoms with E-state index in [1.54, 1.807) is 0 Å². The Kier molecular flexibility index (Phi) is 4.74. The van der Waals surface area contributed by atoms with Crippen LogP contribution in [-0.2, 0) is 20.5 Å². The second-order valence-corrected chi connectivity index (χ2v) is 7.48. The van der Waals surface area contributed by atoms with Gasteiger partial charge < -0.3 is 14.0 Å². The molecule has 0 aliphatic carbocycles. The minimum Gasteiger partial charge on any atom is -0.399 e. The van der Waals surface area contributed by atoms with Gasteiger partial charge in [0.15, 0.2) is 0 Å². The topological polar surface area (TPSA) is 27.7 Å². The highest BCUT2D eigenvalue weighted by atomic mass is 16.7. The van der Waals surface area contributed by atoms with Crippen LogP contribution in [0.2, 0.25) is 0 Å². The van der Waals surface area contributed by atoms with Crippen LogP contribution >= 0.6 is 0 Å². The number of rotatable bonds is 5. The normalized spacial score (nSPS) is 19.1. The van der Waals surface area contributed by atoms with E-state index >= 15 is 0 Å². The number of hydrogen-bond donors (Lipinski definition) is 0. The molecule has 24 heavy (non-hydrogen) atoms. The van der Waals surface area contributed by atoms with Crippen LogP contribution in [-0.4, -0.2) is 31.5 Å². The molecular formula is C20H27BO3. The Hall–Kier alpha value is -1.36. The standard InChI is InChI=1S/C20H27BO3/c1-6-22-12-11-15-7-8-17-14-18(10-9-16(17)13-15)21-23-19(2,3)20(4,5)24-21/h7-10,13-14H,6,11-12H2,1-5H3. The first kappa shape index (κ1) is 17.5. The lowest BCUT2D eigenvalue weighted by Crippen LogP contribution is -2.41. The summed E-state index contributed by atoms with van der Waals surface area (Å²) in [4.78, 5) is 0. The molecule has 0 saturated carbocycles. The summed E-state index contributed by atoms with van der Waals surface area (Å²) in [5.41, 5.74) is 1.76. The highest BCUT2D eigenvalue weighted by molar-refractivity contribution is 6.62. The molecule has 2 aromatic carbocycles. The molecule has 4 heteroatoms. The first-order valence-electron chi connectivity index (χ1n) is 8.78. The molecule has 0 radical (unpaired) electrons. The Labute approximate surface area is 145 Å². The molecule has 0 bridgehead atoms. The van der Waals surface area contributed by atoms with Gasteiger partial charge in [0.2, 0.25) is 0 Å². The summed E-state index contributed by atoms with van der Waals surface area (Å²) in [5, 5.41) is 2.45. The van der Waals surface area contributed by atoms with Crippen molar-refractivity contribution in [1.29, 1.82) is 0 Å². The van der Waals surface area contributed by atoms with Crippen molar-refractivity contribution in [2.24, 2.45) is 0 Å². The van der Waals surface area contributed by atoms with Gasteiger partial charge in [0, 0.05) is 6.61 Å². The third-order valence-corrected chi connectivity index (χ3v) is 5.19. The Morgan fingerprint density at radius 1 is 0.917 bits per heavy atom. The van der Waals surface area contributed by atoms with Crippen molar-refractivity contribution in [1.82, 2.24) is 0 Å². The molecule has 1 fully saturated rings. The first-order chi connectivity index (χ1) is 11.3. The van der Waals surface area contributed by atoms with Gasteiger partial charge in [-0.05, 0) is 62.8 Å². The van der Waals surface area contributed by atoms with Gasteiger partial charge in [-0.3, -0.25) is 0 Å². The van der Waals surface area contributed by atoms with Gasteiger partial charge in [-0.2, -0.15) is 0 Å².